The Morgan fingerprint density at radius 1 is 1.17 bits per heavy atom. The van der Waals surface area contributed by atoms with Gasteiger partial charge in [0.2, 0.25) is 0 Å². The molecule has 0 aliphatic carbocycles. The lowest BCUT2D eigenvalue weighted by Crippen LogP contribution is -2.46. The Morgan fingerprint density at radius 2 is 1.50 bits per heavy atom. The Morgan fingerprint density at radius 3 is 1.67 bits per heavy atom. The average molecular weight is 176 g/mol. The van der Waals surface area contributed by atoms with Gasteiger partial charge in [0.1, 0.15) is 13.1 Å². The molecule has 0 aromatic heterocycles. The van der Waals surface area contributed by atoms with Crippen molar-refractivity contribution in [3.63, 3.8) is 0 Å². The van der Waals surface area contributed by atoms with Crippen molar-refractivity contribution in [3.8, 4) is 0 Å². The van der Waals surface area contributed by atoms with Gasteiger partial charge in [-0.05, 0) is 0 Å². The van der Waals surface area contributed by atoms with Crippen molar-refractivity contribution in [2.24, 2.45) is 0 Å². The maximum Gasteiger partial charge on any atom is 0.160 e. The van der Waals surface area contributed by atoms with E-state index in [2.05, 4.69) is 0 Å². The molecule has 8 nitrogen and oxygen atoms in total. The van der Waals surface area contributed by atoms with E-state index in [4.69, 9.17) is 0 Å². The van der Waals surface area contributed by atoms with E-state index in [1.54, 1.807) is 0 Å². The number of hydrazine groups is 1. The molecule has 0 spiro atoms. The van der Waals surface area contributed by atoms with Gasteiger partial charge in [-0.15, -0.1) is 5.01 Å². The summed E-state index contributed by atoms with van der Waals surface area (Å²) in [5.41, 5.74) is 0. The smallest absolute Gasteiger partial charge is 0.160 e. The Balaban J connectivity index is 4.14. The maximum atomic E-state index is 9.92. The number of hydrogen-bond acceptors (Lipinski definition) is 6. The number of hydrogen-bond donors (Lipinski definition) is 0. The first kappa shape index (κ1) is 10.1. The predicted octanol–water partition coefficient (Wildman–Crippen LogP) is -4.02. The quantitative estimate of drug-likeness (QED) is 0.308. The zero-order valence-corrected chi connectivity index (χ0v) is 5.76. The zero-order valence-electron chi connectivity index (χ0n) is 5.76. The van der Waals surface area contributed by atoms with E-state index in [1.165, 1.54) is 0 Å². The molecule has 0 aliphatic heterocycles. The fraction of sp³-hybridized carbons (Fsp3) is 0.500. The molecule has 0 amide bonds. The molecule has 0 saturated heterocycles. The largest absolute Gasteiger partial charge is 0.548 e. The van der Waals surface area contributed by atoms with Crippen molar-refractivity contribution in [1.82, 2.24) is 5.01 Å². The van der Waals surface area contributed by atoms with Crippen LogP contribution in [0.4, 0.5) is 0 Å². The van der Waals surface area contributed by atoms with Crippen molar-refractivity contribution in [3.05, 3.63) is 10.1 Å². The molecule has 0 saturated carbocycles. The van der Waals surface area contributed by atoms with Gasteiger partial charge in [0.15, 0.2) is 5.03 Å². The summed E-state index contributed by atoms with van der Waals surface area (Å²) < 4.78 is 0. The van der Waals surface area contributed by atoms with Crippen LogP contribution < -0.4 is 10.2 Å². The number of nitrogens with zero attached hydrogens (tertiary/aromatic N) is 2. The highest BCUT2D eigenvalue weighted by Gasteiger charge is 2.13. The summed E-state index contributed by atoms with van der Waals surface area (Å²) in [4.78, 5) is 29.6. The first-order chi connectivity index (χ1) is 5.43. The van der Waals surface area contributed by atoms with Crippen molar-refractivity contribution >= 4 is 11.9 Å². The molecule has 8 heteroatoms. The molecular weight excluding hydrogens is 172 g/mol. The minimum absolute atomic E-state index is 0.0370. The number of carboxylic acids is 2. The van der Waals surface area contributed by atoms with E-state index in [1.807, 2.05) is 0 Å². The van der Waals surface area contributed by atoms with Gasteiger partial charge in [-0.1, -0.05) is 0 Å². The fourth-order valence-corrected chi connectivity index (χ4v) is 0.469. The number of carbonyl (C=O) groups is 2. The van der Waals surface area contributed by atoms with Gasteiger partial charge in [-0.2, -0.15) is 0 Å². The second kappa shape index (κ2) is 4.11. The number of carbonyl (C=O) groups excluding carboxylic acids is 2. The molecule has 0 bridgehead atoms. The Labute approximate surface area is 66.1 Å². The van der Waals surface area contributed by atoms with Gasteiger partial charge in [-0.3, -0.25) is 0 Å². The van der Waals surface area contributed by atoms with Crippen molar-refractivity contribution in [2.75, 3.05) is 13.1 Å². The van der Waals surface area contributed by atoms with Gasteiger partial charge in [0.25, 0.3) is 0 Å². The lowest BCUT2D eigenvalue weighted by atomic mass is 10.5. The van der Waals surface area contributed by atoms with E-state index in [0.717, 1.165) is 0 Å². The van der Waals surface area contributed by atoms with E-state index in [-0.39, 0.29) is 5.01 Å². The molecule has 0 radical (unpaired) electrons. The van der Waals surface area contributed by atoms with Crippen LogP contribution in [0.15, 0.2) is 0 Å². The fourth-order valence-electron chi connectivity index (χ4n) is 0.469. The second-order valence-corrected chi connectivity index (χ2v) is 1.80. The van der Waals surface area contributed by atoms with Crippen LogP contribution in [0.1, 0.15) is 0 Å². The molecule has 0 rings (SSSR count). The summed E-state index contributed by atoms with van der Waals surface area (Å²) in [7, 11) is 0. The lowest BCUT2D eigenvalue weighted by molar-refractivity contribution is -0.653. The summed E-state index contributed by atoms with van der Waals surface area (Å²) in [6, 6.07) is 0. The monoisotopic (exact) mass is 176 g/mol. The van der Waals surface area contributed by atoms with Crippen LogP contribution in [-0.2, 0) is 9.59 Å². The van der Waals surface area contributed by atoms with Crippen LogP contribution >= 0.6 is 0 Å². The third-order valence-electron chi connectivity index (χ3n) is 0.854. The minimum Gasteiger partial charge on any atom is -0.548 e. The van der Waals surface area contributed by atoms with E-state index in [0.29, 0.717) is 0 Å². The second-order valence-electron chi connectivity index (χ2n) is 1.80. The number of nitro groups is 1. The Hall–Kier alpha value is -1.86. The van der Waals surface area contributed by atoms with Gasteiger partial charge in [0.05, 0.1) is 11.9 Å². The Kier molecular flexibility index (Phi) is 3.47. The minimum atomic E-state index is -1.73. The van der Waals surface area contributed by atoms with Crippen LogP contribution in [0.3, 0.4) is 0 Å². The van der Waals surface area contributed by atoms with Crippen LogP contribution in [0.2, 0.25) is 0 Å². The summed E-state index contributed by atoms with van der Waals surface area (Å²) in [6.45, 7) is -2.16. The molecule has 0 aromatic rings. The first-order valence-corrected chi connectivity index (χ1v) is 2.72. The highest BCUT2D eigenvalue weighted by atomic mass is 16.7. The third-order valence-corrected chi connectivity index (χ3v) is 0.854. The van der Waals surface area contributed by atoms with Crippen molar-refractivity contribution in [1.29, 1.82) is 0 Å². The van der Waals surface area contributed by atoms with E-state index < -0.39 is 30.1 Å². The molecular formula is C4H4N2O6-2. The van der Waals surface area contributed by atoms with Crippen LogP contribution in [0, 0.1) is 10.1 Å². The lowest BCUT2D eigenvalue weighted by Gasteiger charge is -2.14. The normalized spacial score (nSPS) is 9.00. The van der Waals surface area contributed by atoms with Crippen LogP contribution in [0.5, 0.6) is 0 Å². The highest BCUT2D eigenvalue weighted by Crippen LogP contribution is 1.85. The van der Waals surface area contributed by atoms with Gasteiger partial charge in [0, 0.05) is 0 Å². The predicted molar refractivity (Wildman–Crippen MR) is 28.6 cm³/mol. The molecule has 0 unspecified atom stereocenters. The standard InChI is InChI=1S/C4H6N2O6/c7-3(8)1-5(6(11)12)2-4(9)10/h1-2H2,(H,7,8)(H,9,10)/p-2. The zero-order chi connectivity index (χ0) is 9.72. The average Bonchev–Trinajstić information content (AvgIpc) is 1.83. The summed E-state index contributed by atoms with van der Waals surface area (Å²) >= 11 is 0. The molecule has 0 heterocycles. The first-order valence-electron chi connectivity index (χ1n) is 2.72. The molecule has 0 N–H and O–H groups in total. The SMILES string of the molecule is O=C([O-])CN(CC(=O)[O-])[N+](=O)[O-]. The highest BCUT2D eigenvalue weighted by molar-refractivity contribution is 5.69. The molecule has 0 aliphatic rings. The maximum absolute atomic E-state index is 9.92. The number of rotatable bonds is 5. The molecule has 0 aromatic carbocycles. The van der Waals surface area contributed by atoms with Gasteiger partial charge < -0.3 is 19.8 Å². The molecule has 12 heavy (non-hydrogen) atoms. The summed E-state index contributed by atoms with van der Waals surface area (Å²) in [5.74, 6) is -3.46. The van der Waals surface area contributed by atoms with Crippen molar-refractivity contribution < 1.29 is 24.8 Å². The van der Waals surface area contributed by atoms with Crippen LogP contribution in [0.25, 0.3) is 0 Å². The van der Waals surface area contributed by atoms with Crippen molar-refractivity contribution in [2.45, 2.75) is 0 Å². The number of aliphatic carboxylic acids is 2. The third kappa shape index (κ3) is 4.04. The summed E-state index contributed by atoms with van der Waals surface area (Å²) in [5, 5.41) is 28.4. The topological polar surface area (TPSA) is 127 Å². The van der Waals surface area contributed by atoms with Gasteiger partial charge >= 0.3 is 0 Å². The van der Waals surface area contributed by atoms with E-state index in [9.17, 15) is 29.9 Å². The summed E-state index contributed by atoms with van der Waals surface area (Å²) in [6.07, 6.45) is 0. The Bertz CT molecular complexity index is 198. The molecule has 0 atom stereocenters. The van der Waals surface area contributed by atoms with Gasteiger partial charge in [-0.25, -0.2) is 10.1 Å². The molecule has 68 valence electrons. The van der Waals surface area contributed by atoms with E-state index >= 15 is 0 Å². The van der Waals surface area contributed by atoms with Crippen LogP contribution in [-0.4, -0.2) is 35.1 Å². The number of carboxylic acid groups (broad SMARTS) is 2. The molecule has 0 fully saturated rings.